The van der Waals surface area contributed by atoms with Crippen LogP contribution in [0.2, 0.25) is 4.34 Å². The molecule has 1 fully saturated rings. The molecule has 1 N–H and O–H groups in total. The van der Waals surface area contributed by atoms with Crippen molar-refractivity contribution >= 4 is 22.9 Å². The zero-order valence-corrected chi connectivity index (χ0v) is 12.8. The van der Waals surface area contributed by atoms with Gasteiger partial charge in [-0.3, -0.25) is 0 Å². The zero-order valence-electron chi connectivity index (χ0n) is 11.2. The van der Waals surface area contributed by atoms with Crippen molar-refractivity contribution in [2.75, 3.05) is 0 Å². The predicted octanol–water partition coefficient (Wildman–Crippen LogP) is 4.80. The normalized spacial score (nSPS) is 35.7. The minimum Gasteiger partial charge on any atom is -0.307 e. The first-order chi connectivity index (χ1) is 8.61. The van der Waals surface area contributed by atoms with Gasteiger partial charge in [0.2, 0.25) is 0 Å². The maximum atomic E-state index is 6.12. The van der Waals surface area contributed by atoms with Crippen molar-refractivity contribution < 1.29 is 0 Å². The summed E-state index contributed by atoms with van der Waals surface area (Å²) in [7, 11) is 0. The molecule has 2 aliphatic carbocycles. The van der Waals surface area contributed by atoms with E-state index in [1.807, 2.05) is 0 Å². The van der Waals surface area contributed by atoms with E-state index in [-0.39, 0.29) is 0 Å². The SMILES string of the molecule is CC1CC(C)CC(NC2CCc3sc(Cl)cc32)C1. The Morgan fingerprint density at radius 1 is 1.22 bits per heavy atom. The van der Waals surface area contributed by atoms with Crippen LogP contribution in [0.4, 0.5) is 0 Å². The van der Waals surface area contributed by atoms with E-state index < -0.39 is 0 Å². The predicted molar refractivity (Wildman–Crippen MR) is 79.5 cm³/mol. The number of thiophene rings is 1. The highest BCUT2D eigenvalue weighted by molar-refractivity contribution is 7.16. The summed E-state index contributed by atoms with van der Waals surface area (Å²) in [6.45, 7) is 4.79. The van der Waals surface area contributed by atoms with Crippen LogP contribution in [0.15, 0.2) is 6.07 Å². The fraction of sp³-hybridized carbons (Fsp3) is 0.733. The number of halogens is 1. The van der Waals surface area contributed by atoms with Crippen LogP contribution in [-0.4, -0.2) is 6.04 Å². The summed E-state index contributed by atoms with van der Waals surface area (Å²) in [5.41, 5.74) is 1.48. The van der Waals surface area contributed by atoms with Crippen LogP contribution in [0.3, 0.4) is 0 Å². The minimum atomic E-state index is 0.561. The number of fused-ring (bicyclic) bond motifs is 1. The largest absolute Gasteiger partial charge is 0.307 e. The molecular formula is C15H22ClNS. The van der Waals surface area contributed by atoms with Gasteiger partial charge in [0.15, 0.2) is 0 Å². The highest BCUT2D eigenvalue weighted by atomic mass is 35.5. The van der Waals surface area contributed by atoms with Gasteiger partial charge in [-0.25, -0.2) is 0 Å². The average molecular weight is 284 g/mol. The molecule has 100 valence electrons. The van der Waals surface area contributed by atoms with Gasteiger partial charge in [-0.2, -0.15) is 0 Å². The third-order valence-electron chi connectivity index (χ3n) is 4.46. The van der Waals surface area contributed by atoms with Crippen LogP contribution in [0.1, 0.15) is 56.0 Å². The second-order valence-corrected chi connectivity index (χ2v) is 8.07. The Morgan fingerprint density at radius 3 is 2.67 bits per heavy atom. The van der Waals surface area contributed by atoms with Crippen molar-refractivity contribution in [2.24, 2.45) is 11.8 Å². The maximum absolute atomic E-state index is 6.12. The molecule has 1 nitrogen and oxygen atoms in total. The number of rotatable bonds is 2. The molecule has 0 radical (unpaired) electrons. The van der Waals surface area contributed by atoms with Crippen LogP contribution in [0.25, 0.3) is 0 Å². The lowest BCUT2D eigenvalue weighted by atomic mass is 9.80. The van der Waals surface area contributed by atoms with E-state index in [2.05, 4.69) is 25.2 Å². The lowest BCUT2D eigenvalue weighted by molar-refractivity contribution is 0.225. The maximum Gasteiger partial charge on any atom is 0.0934 e. The molecule has 3 unspecified atom stereocenters. The highest BCUT2D eigenvalue weighted by Gasteiger charge is 2.30. The quantitative estimate of drug-likeness (QED) is 0.822. The smallest absolute Gasteiger partial charge is 0.0934 e. The van der Waals surface area contributed by atoms with E-state index in [1.165, 1.54) is 42.5 Å². The molecule has 0 bridgehead atoms. The van der Waals surface area contributed by atoms with Crippen molar-refractivity contribution in [3.8, 4) is 0 Å². The van der Waals surface area contributed by atoms with Crippen LogP contribution in [-0.2, 0) is 6.42 Å². The van der Waals surface area contributed by atoms with Crippen molar-refractivity contribution in [3.63, 3.8) is 0 Å². The second-order valence-electron chi connectivity index (χ2n) is 6.30. The van der Waals surface area contributed by atoms with E-state index in [9.17, 15) is 0 Å². The summed E-state index contributed by atoms with van der Waals surface area (Å²) < 4.78 is 0.955. The lowest BCUT2D eigenvalue weighted by Gasteiger charge is -2.34. The summed E-state index contributed by atoms with van der Waals surface area (Å²) in [6, 6.07) is 3.45. The molecule has 3 heteroatoms. The molecule has 3 rings (SSSR count). The minimum absolute atomic E-state index is 0.561. The summed E-state index contributed by atoms with van der Waals surface area (Å²) in [6.07, 6.45) is 6.56. The molecule has 1 heterocycles. The fourth-order valence-corrected chi connectivity index (χ4v) is 5.23. The molecule has 0 aliphatic heterocycles. The molecule has 0 saturated heterocycles. The Labute approximate surface area is 119 Å². The standard InChI is InChI=1S/C15H22ClNS/c1-9-5-10(2)7-11(6-9)17-13-3-4-14-12(13)8-15(16)18-14/h8-11,13,17H,3-7H2,1-2H3. The molecule has 0 amide bonds. The highest BCUT2D eigenvalue weighted by Crippen LogP contribution is 2.40. The van der Waals surface area contributed by atoms with Gasteiger partial charge in [-0.15, -0.1) is 11.3 Å². The Balaban J connectivity index is 1.67. The molecule has 0 spiro atoms. The van der Waals surface area contributed by atoms with Gasteiger partial charge < -0.3 is 5.32 Å². The van der Waals surface area contributed by atoms with Gasteiger partial charge in [0, 0.05) is 17.0 Å². The van der Waals surface area contributed by atoms with Crippen molar-refractivity contribution in [2.45, 2.75) is 58.0 Å². The average Bonchev–Trinajstić information content (AvgIpc) is 2.78. The van der Waals surface area contributed by atoms with E-state index in [0.29, 0.717) is 12.1 Å². The molecule has 1 aromatic heterocycles. The topological polar surface area (TPSA) is 12.0 Å². The number of aryl methyl sites for hydroxylation is 1. The third kappa shape index (κ3) is 2.61. The van der Waals surface area contributed by atoms with Gasteiger partial charge >= 0.3 is 0 Å². The molecule has 1 aromatic rings. The van der Waals surface area contributed by atoms with Crippen LogP contribution in [0, 0.1) is 11.8 Å². The molecule has 2 aliphatic rings. The number of nitrogens with one attached hydrogen (secondary N) is 1. The first-order valence-corrected chi connectivity index (χ1v) is 8.35. The monoisotopic (exact) mass is 283 g/mol. The summed E-state index contributed by atoms with van der Waals surface area (Å²) in [5.74, 6) is 1.75. The third-order valence-corrected chi connectivity index (χ3v) is 5.80. The first-order valence-electron chi connectivity index (χ1n) is 7.16. The molecule has 0 aromatic carbocycles. The van der Waals surface area contributed by atoms with Crippen molar-refractivity contribution in [1.29, 1.82) is 0 Å². The van der Waals surface area contributed by atoms with Gasteiger partial charge in [0.25, 0.3) is 0 Å². The van der Waals surface area contributed by atoms with E-state index in [4.69, 9.17) is 11.6 Å². The Bertz CT molecular complexity index is 418. The zero-order chi connectivity index (χ0) is 12.7. The second kappa shape index (κ2) is 5.15. The van der Waals surface area contributed by atoms with E-state index >= 15 is 0 Å². The van der Waals surface area contributed by atoms with Crippen molar-refractivity contribution in [1.82, 2.24) is 5.32 Å². The van der Waals surface area contributed by atoms with Gasteiger partial charge in [0.05, 0.1) is 4.34 Å². The molecule has 1 saturated carbocycles. The van der Waals surface area contributed by atoms with Gasteiger partial charge in [-0.05, 0) is 55.6 Å². The number of hydrogen-bond acceptors (Lipinski definition) is 2. The Hall–Kier alpha value is -0.0500. The Kier molecular flexibility index (Phi) is 3.70. The van der Waals surface area contributed by atoms with E-state index in [0.717, 1.165) is 16.2 Å². The van der Waals surface area contributed by atoms with Crippen LogP contribution < -0.4 is 5.32 Å². The Morgan fingerprint density at radius 2 is 1.94 bits per heavy atom. The summed E-state index contributed by atoms with van der Waals surface area (Å²) >= 11 is 7.89. The lowest BCUT2D eigenvalue weighted by Crippen LogP contribution is -2.38. The molecule has 18 heavy (non-hydrogen) atoms. The summed E-state index contributed by atoms with van der Waals surface area (Å²) in [4.78, 5) is 1.51. The van der Waals surface area contributed by atoms with Crippen LogP contribution in [0.5, 0.6) is 0 Å². The van der Waals surface area contributed by atoms with Gasteiger partial charge in [0.1, 0.15) is 0 Å². The number of hydrogen-bond donors (Lipinski definition) is 1. The van der Waals surface area contributed by atoms with Crippen LogP contribution >= 0.6 is 22.9 Å². The molecule has 3 atom stereocenters. The van der Waals surface area contributed by atoms with E-state index in [1.54, 1.807) is 11.3 Å². The fourth-order valence-electron chi connectivity index (χ4n) is 3.87. The first kappa shape index (κ1) is 13.0. The van der Waals surface area contributed by atoms with Crippen molar-refractivity contribution in [3.05, 3.63) is 20.8 Å². The molecular weight excluding hydrogens is 262 g/mol. The van der Waals surface area contributed by atoms with Gasteiger partial charge in [-0.1, -0.05) is 25.4 Å². The summed E-state index contributed by atoms with van der Waals surface area (Å²) in [5, 5.41) is 3.90.